The number of benzene rings is 2. The molecule has 4 nitrogen and oxygen atoms in total. The molecule has 1 aromatic heterocycles. The molecule has 1 atom stereocenters. The molecule has 0 aliphatic rings. The molecule has 1 N–H and O–H groups in total. The Labute approximate surface area is 142 Å². The Morgan fingerprint density at radius 2 is 1.96 bits per heavy atom. The highest BCUT2D eigenvalue weighted by atomic mass is 16.1. The van der Waals surface area contributed by atoms with Gasteiger partial charge in [-0.2, -0.15) is 0 Å². The van der Waals surface area contributed by atoms with Crippen LogP contribution >= 0.6 is 0 Å². The Hall–Kier alpha value is -2.62. The number of aromatic nitrogens is 2. The van der Waals surface area contributed by atoms with Crippen LogP contribution in [0.4, 0.5) is 0 Å². The van der Waals surface area contributed by atoms with E-state index in [2.05, 4.69) is 33.9 Å². The lowest BCUT2D eigenvalue weighted by Gasteiger charge is -2.15. The molecule has 0 spiro atoms. The molecule has 0 saturated heterocycles. The summed E-state index contributed by atoms with van der Waals surface area (Å²) in [5.41, 5.74) is 4.23. The van der Waals surface area contributed by atoms with Gasteiger partial charge in [-0.05, 0) is 36.6 Å². The van der Waals surface area contributed by atoms with Crippen LogP contribution in [0.5, 0.6) is 0 Å². The summed E-state index contributed by atoms with van der Waals surface area (Å²) in [4.78, 5) is 17.0. The lowest BCUT2D eigenvalue weighted by atomic mass is 9.95. The molecule has 24 heavy (non-hydrogen) atoms. The number of carbonyl (C=O) groups excluding carboxylic acids is 1. The average Bonchev–Trinajstić information content (AvgIpc) is 3.04. The van der Waals surface area contributed by atoms with Crippen molar-refractivity contribution in [3.05, 3.63) is 66.0 Å². The van der Waals surface area contributed by atoms with Gasteiger partial charge in [-0.3, -0.25) is 4.79 Å². The Kier molecular flexibility index (Phi) is 4.94. The van der Waals surface area contributed by atoms with E-state index >= 15 is 0 Å². The number of hydrogen-bond donors (Lipinski definition) is 1. The van der Waals surface area contributed by atoms with Crippen LogP contribution in [0.15, 0.2) is 54.9 Å². The monoisotopic (exact) mass is 321 g/mol. The Morgan fingerprint density at radius 1 is 1.17 bits per heavy atom. The highest BCUT2D eigenvalue weighted by Crippen LogP contribution is 2.20. The number of amides is 1. The second-order valence-corrected chi connectivity index (χ2v) is 5.94. The lowest BCUT2D eigenvalue weighted by Crippen LogP contribution is -2.28. The van der Waals surface area contributed by atoms with Gasteiger partial charge in [0, 0.05) is 13.1 Å². The van der Waals surface area contributed by atoms with E-state index in [-0.39, 0.29) is 11.8 Å². The molecular weight excluding hydrogens is 298 g/mol. The van der Waals surface area contributed by atoms with Crippen molar-refractivity contribution >= 4 is 16.9 Å². The summed E-state index contributed by atoms with van der Waals surface area (Å²) >= 11 is 0. The van der Waals surface area contributed by atoms with Crippen molar-refractivity contribution < 1.29 is 4.79 Å². The average molecular weight is 321 g/mol. The van der Waals surface area contributed by atoms with Gasteiger partial charge < -0.3 is 9.88 Å². The van der Waals surface area contributed by atoms with Crippen molar-refractivity contribution in [3.8, 4) is 0 Å². The van der Waals surface area contributed by atoms with Gasteiger partial charge in [0.25, 0.3) is 0 Å². The van der Waals surface area contributed by atoms with E-state index in [4.69, 9.17) is 0 Å². The predicted octanol–water partition coefficient (Wildman–Crippen LogP) is 3.87. The molecule has 3 rings (SSSR count). The third-order valence-corrected chi connectivity index (χ3v) is 4.42. The van der Waals surface area contributed by atoms with Crippen LogP contribution in [0.25, 0.3) is 11.0 Å². The molecule has 0 bridgehead atoms. The molecule has 0 fully saturated rings. The molecule has 0 aliphatic carbocycles. The summed E-state index contributed by atoms with van der Waals surface area (Å²) in [5, 5.41) is 3.06. The van der Waals surface area contributed by atoms with Gasteiger partial charge in [-0.1, -0.05) is 43.3 Å². The highest BCUT2D eigenvalue weighted by molar-refractivity contribution is 5.83. The first-order chi connectivity index (χ1) is 11.7. The molecule has 124 valence electrons. The Bertz CT molecular complexity index is 823. The van der Waals surface area contributed by atoms with Gasteiger partial charge in [0.2, 0.25) is 5.91 Å². The summed E-state index contributed by atoms with van der Waals surface area (Å²) in [7, 11) is 0. The smallest absolute Gasteiger partial charge is 0.227 e. The Balaban J connectivity index is 1.69. The second-order valence-electron chi connectivity index (χ2n) is 5.94. The van der Waals surface area contributed by atoms with Crippen LogP contribution in [0.3, 0.4) is 0 Å². The lowest BCUT2D eigenvalue weighted by molar-refractivity contribution is -0.122. The first kappa shape index (κ1) is 16.2. The van der Waals surface area contributed by atoms with E-state index in [9.17, 15) is 4.79 Å². The van der Waals surface area contributed by atoms with Gasteiger partial charge in [0.15, 0.2) is 0 Å². The van der Waals surface area contributed by atoms with Crippen molar-refractivity contribution in [2.24, 2.45) is 0 Å². The topological polar surface area (TPSA) is 46.9 Å². The predicted molar refractivity (Wildman–Crippen MR) is 96.7 cm³/mol. The van der Waals surface area contributed by atoms with Gasteiger partial charge in [0.05, 0.1) is 23.3 Å². The minimum absolute atomic E-state index is 0.0721. The van der Waals surface area contributed by atoms with Crippen molar-refractivity contribution in [3.63, 3.8) is 0 Å². The third kappa shape index (κ3) is 3.32. The molecule has 0 radical (unpaired) electrons. The molecular formula is C20H23N3O. The first-order valence-electron chi connectivity index (χ1n) is 8.49. The first-order valence-corrected chi connectivity index (χ1v) is 8.49. The molecule has 0 aliphatic heterocycles. The van der Waals surface area contributed by atoms with E-state index in [0.29, 0.717) is 6.54 Å². The fourth-order valence-corrected chi connectivity index (χ4v) is 3.04. The van der Waals surface area contributed by atoms with Crippen LogP contribution < -0.4 is 5.32 Å². The number of carbonyl (C=O) groups is 1. The molecule has 0 unspecified atom stereocenters. The summed E-state index contributed by atoms with van der Waals surface area (Å²) in [6.07, 6.45) is 2.64. The van der Waals surface area contributed by atoms with Gasteiger partial charge >= 0.3 is 0 Å². The summed E-state index contributed by atoms with van der Waals surface area (Å²) in [6.45, 7) is 5.57. The largest absolute Gasteiger partial charge is 0.351 e. The molecule has 0 saturated carbocycles. The quantitative estimate of drug-likeness (QED) is 0.749. The minimum atomic E-state index is -0.103. The normalized spacial score (nSPS) is 12.2. The van der Waals surface area contributed by atoms with E-state index < -0.39 is 0 Å². The van der Waals surface area contributed by atoms with Gasteiger partial charge in [0.1, 0.15) is 0 Å². The fourth-order valence-electron chi connectivity index (χ4n) is 3.04. The van der Waals surface area contributed by atoms with E-state index in [1.54, 1.807) is 0 Å². The molecule has 2 aromatic carbocycles. The summed E-state index contributed by atoms with van der Waals surface area (Å²) in [5.74, 6) is -0.0304. The number of rotatable bonds is 6. The molecule has 1 heterocycles. The maximum Gasteiger partial charge on any atom is 0.227 e. The minimum Gasteiger partial charge on any atom is -0.351 e. The second kappa shape index (κ2) is 7.30. The zero-order valence-corrected chi connectivity index (χ0v) is 14.2. The van der Waals surface area contributed by atoms with Crippen LogP contribution in [0, 0.1) is 0 Å². The van der Waals surface area contributed by atoms with Gasteiger partial charge in [-0.15, -0.1) is 0 Å². The Morgan fingerprint density at radius 3 is 2.67 bits per heavy atom. The fraction of sp³-hybridized carbons (Fsp3) is 0.300. The summed E-state index contributed by atoms with van der Waals surface area (Å²) in [6, 6.07) is 16.1. The number of imidazole rings is 1. The van der Waals surface area contributed by atoms with Crippen molar-refractivity contribution in [2.45, 2.75) is 39.3 Å². The van der Waals surface area contributed by atoms with Crippen molar-refractivity contribution in [1.82, 2.24) is 14.9 Å². The molecule has 4 heteroatoms. The van der Waals surface area contributed by atoms with E-state index in [1.165, 1.54) is 0 Å². The number of nitrogens with zero attached hydrogens (tertiary/aromatic N) is 2. The van der Waals surface area contributed by atoms with Gasteiger partial charge in [-0.25, -0.2) is 4.98 Å². The molecule has 3 aromatic rings. The SMILES string of the molecule is CC[C@H](C(=O)NCc1ccc2c(c1)ncn2CC)c1ccccc1. The van der Waals surface area contributed by atoms with E-state index in [0.717, 1.165) is 35.1 Å². The highest BCUT2D eigenvalue weighted by Gasteiger charge is 2.18. The van der Waals surface area contributed by atoms with E-state index in [1.807, 2.05) is 49.6 Å². The number of aryl methyl sites for hydroxylation is 1. The number of hydrogen-bond acceptors (Lipinski definition) is 2. The standard InChI is InChI=1S/C20H23N3O/c1-3-17(16-8-6-5-7-9-16)20(24)21-13-15-10-11-19-18(12-15)22-14-23(19)4-2/h5-12,14,17H,3-4,13H2,1-2H3,(H,21,24)/t17-/m0/s1. The third-order valence-electron chi connectivity index (χ3n) is 4.42. The van der Waals surface area contributed by atoms with Crippen LogP contribution in [0.2, 0.25) is 0 Å². The van der Waals surface area contributed by atoms with Crippen LogP contribution in [-0.4, -0.2) is 15.5 Å². The van der Waals surface area contributed by atoms with Crippen molar-refractivity contribution in [1.29, 1.82) is 0 Å². The van der Waals surface area contributed by atoms with Crippen molar-refractivity contribution in [2.75, 3.05) is 0 Å². The number of nitrogens with one attached hydrogen (secondary N) is 1. The maximum absolute atomic E-state index is 12.5. The van der Waals surface area contributed by atoms with Crippen LogP contribution in [-0.2, 0) is 17.9 Å². The maximum atomic E-state index is 12.5. The zero-order valence-electron chi connectivity index (χ0n) is 14.2. The zero-order chi connectivity index (χ0) is 16.9. The summed E-state index contributed by atoms with van der Waals surface area (Å²) < 4.78 is 2.11. The molecule has 1 amide bonds. The van der Waals surface area contributed by atoms with Crippen LogP contribution in [0.1, 0.15) is 37.3 Å². The number of fused-ring (bicyclic) bond motifs is 1.